The third kappa shape index (κ3) is 8.17. The van der Waals surface area contributed by atoms with Crippen molar-refractivity contribution in [1.29, 1.82) is 0 Å². The number of imide groups is 2. The van der Waals surface area contributed by atoms with Gasteiger partial charge in [-0.15, -0.1) is 0 Å². The van der Waals surface area contributed by atoms with E-state index < -0.39 is 53.3 Å². The Bertz CT molecular complexity index is 3340. The number of aryl methyl sites for hydroxylation is 4. The largest absolute Gasteiger partial charge is 0.478 e. The Labute approximate surface area is 382 Å². The normalized spacial score (nSPS) is 12.9. The summed E-state index contributed by atoms with van der Waals surface area (Å²) in [6.07, 6.45) is 1.41. The molecule has 0 saturated heterocycles. The van der Waals surface area contributed by atoms with Gasteiger partial charge in [-0.05, 0) is 73.1 Å². The highest BCUT2D eigenvalue weighted by atomic mass is 16.4. The number of para-hydroxylation sites is 1. The maximum Gasteiger partial charge on any atom is 0.337 e. The number of carbonyl (C=O) groups is 6. The molecule has 1 unspecified atom stereocenters. The Hall–Kier alpha value is -8.08. The number of aromatic amines is 1. The lowest BCUT2D eigenvalue weighted by molar-refractivity contribution is -0.617. The molecule has 8 rings (SSSR count). The number of pyridine rings is 1. The molecule has 4 heterocycles. The van der Waals surface area contributed by atoms with E-state index in [9.17, 15) is 43.5 Å². The van der Waals surface area contributed by atoms with Crippen LogP contribution in [0.5, 0.6) is 0 Å². The number of nitrogens with two attached hydrogens (primary N) is 1. The zero-order valence-electron chi connectivity index (χ0n) is 37.7. The number of primary amides is 1. The van der Waals surface area contributed by atoms with Gasteiger partial charge in [0.25, 0.3) is 23.3 Å². The highest BCUT2D eigenvalue weighted by Crippen LogP contribution is 2.42. The van der Waals surface area contributed by atoms with Crippen molar-refractivity contribution in [1.82, 2.24) is 29.3 Å². The third-order valence-corrected chi connectivity index (χ3v) is 12.9. The van der Waals surface area contributed by atoms with E-state index in [0.29, 0.717) is 52.6 Å². The summed E-state index contributed by atoms with van der Waals surface area (Å²) < 4.78 is 4.14. The topological polar surface area (TPSA) is 240 Å². The van der Waals surface area contributed by atoms with Crippen molar-refractivity contribution in [2.45, 2.75) is 72.4 Å². The summed E-state index contributed by atoms with van der Waals surface area (Å²) in [7, 11) is 3.12. The van der Waals surface area contributed by atoms with Crippen LogP contribution in [0.3, 0.4) is 0 Å². The third-order valence-electron chi connectivity index (χ3n) is 12.9. The Morgan fingerprint density at radius 2 is 1.54 bits per heavy atom. The summed E-state index contributed by atoms with van der Waals surface area (Å²) in [6, 6.07) is 20.5. The molecule has 3 aromatic heterocycles. The van der Waals surface area contributed by atoms with Gasteiger partial charge in [-0.3, -0.25) is 48.1 Å². The molecule has 5 amide bonds. The van der Waals surface area contributed by atoms with Gasteiger partial charge in [0.15, 0.2) is 5.65 Å². The second-order valence-corrected chi connectivity index (χ2v) is 17.1. The van der Waals surface area contributed by atoms with E-state index in [1.54, 1.807) is 60.1 Å². The average Bonchev–Trinajstić information content (AvgIpc) is 3.83. The molecular weight excluding hydrogens is 857 g/mol. The van der Waals surface area contributed by atoms with E-state index in [-0.39, 0.29) is 76.1 Å². The molecule has 1 atom stereocenters. The molecule has 5 N–H and O–H groups in total. The first kappa shape index (κ1) is 45.5. The van der Waals surface area contributed by atoms with Gasteiger partial charge in [0.1, 0.15) is 18.4 Å². The van der Waals surface area contributed by atoms with Crippen molar-refractivity contribution in [3.05, 3.63) is 138 Å². The minimum atomic E-state index is -1.23. The summed E-state index contributed by atoms with van der Waals surface area (Å²) in [4.78, 5) is 117. The number of carbonyl (C=O) groups excluding carboxylic acids is 5. The van der Waals surface area contributed by atoms with E-state index in [1.807, 2.05) is 39.0 Å². The number of amides is 5. The number of nitrogens with one attached hydrogen (secondary N) is 2. The molecule has 1 aliphatic rings. The van der Waals surface area contributed by atoms with Crippen molar-refractivity contribution < 1.29 is 38.4 Å². The molecule has 17 heteroatoms. The van der Waals surface area contributed by atoms with Gasteiger partial charge < -0.3 is 15.8 Å². The molecule has 0 spiro atoms. The lowest BCUT2D eigenvalue weighted by atomic mass is 9.84. The van der Waals surface area contributed by atoms with Crippen LogP contribution in [-0.2, 0) is 43.2 Å². The zero-order chi connectivity index (χ0) is 48.0. The predicted molar refractivity (Wildman–Crippen MR) is 248 cm³/mol. The van der Waals surface area contributed by atoms with E-state index >= 15 is 0 Å². The van der Waals surface area contributed by atoms with E-state index in [0.717, 1.165) is 20.6 Å². The zero-order valence-corrected chi connectivity index (χ0v) is 37.7. The fourth-order valence-electron chi connectivity index (χ4n) is 9.35. The number of fused-ring (bicyclic) bond motifs is 4. The van der Waals surface area contributed by atoms with Gasteiger partial charge >= 0.3 is 11.7 Å². The highest BCUT2D eigenvalue weighted by Gasteiger charge is 2.39. The number of H-pyrrole nitrogens is 1. The highest BCUT2D eigenvalue weighted by molar-refractivity contribution is 6.22. The maximum absolute atomic E-state index is 14.8. The molecule has 342 valence electrons. The number of carboxylic acid groups (broad SMARTS) is 1. The second kappa shape index (κ2) is 18.1. The van der Waals surface area contributed by atoms with Gasteiger partial charge in [0.05, 0.1) is 39.6 Å². The monoisotopic (exact) mass is 905 g/mol. The van der Waals surface area contributed by atoms with Crippen LogP contribution in [-0.4, -0.2) is 64.6 Å². The van der Waals surface area contributed by atoms with Crippen molar-refractivity contribution in [2.75, 3.05) is 0 Å². The minimum Gasteiger partial charge on any atom is -0.478 e. The molecule has 0 fully saturated rings. The molecule has 7 aromatic rings. The fourth-order valence-corrected chi connectivity index (χ4v) is 9.35. The molecule has 0 radical (unpaired) electrons. The van der Waals surface area contributed by atoms with Gasteiger partial charge in [0, 0.05) is 50.6 Å². The van der Waals surface area contributed by atoms with Crippen LogP contribution in [0.25, 0.3) is 44.1 Å². The molecule has 1 aliphatic heterocycles. The maximum atomic E-state index is 14.8. The van der Waals surface area contributed by atoms with E-state index in [1.165, 1.54) is 17.7 Å². The first-order valence-corrected chi connectivity index (χ1v) is 22.0. The lowest BCUT2D eigenvalue weighted by Crippen LogP contribution is -2.39. The van der Waals surface area contributed by atoms with Crippen molar-refractivity contribution in [2.24, 2.45) is 25.7 Å². The van der Waals surface area contributed by atoms with Crippen LogP contribution in [0.4, 0.5) is 0 Å². The lowest BCUT2D eigenvalue weighted by Gasteiger charge is -2.24. The van der Waals surface area contributed by atoms with Crippen molar-refractivity contribution in [3.63, 3.8) is 0 Å². The standard InChI is InChI=1S/C50H48N8O9/c1-6-28(24-57-44-43(48(64)56(5)50(57)67)52-37(53-44)20-12-19-36(51)59)21-22-38(60)54-45(61)32-23-35-42(41(49(65)66)31-17-9-10-18-34(31)55(35)4)40(39-26(2)13-11-14-27(39)3)33(32)25-58-46(62)29-15-7-8-16-30(29)47(58)63/h7-11,13-18,23,28H,6,12,19-22,24-25H2,1-5H3,(H4-,51,52,53,54,59,60,61,64,65,66)/p+1. The number of aromatic nitrogens is 5. The van der Waals surface area contributed by atoms with Gasteiger partial charge in [-0.1, -0.05) is 55.8 Å². The number of nitrogens with zero attached hydrogens (tertiary/aromatic N) is 5. The smallest absolute Gasteiger partial charge is 0.337 e. The quantitative estimate of drug-likeness (QED) is 0.0616. The van der Waals surface area contributed by atoms with Crippen LogP contribution in [0.2, 0.25) is 0 Å². The molecule has 0 aliphatic carbocycles. The Kier molecular flexibility index (Phi) is 12.3. The molecule has 0 saturated carbocycles. The van der Waals surface area contributed by atoms with Crippen LogP contribution < -0.4 is 26.9 Å². The molecule has 0 bridgehead atoms. The number of rotatable bonds is 15. The summed E-state index contributed by atoms with van der Waals surface area (Å²) in [5.74, 6) is -4.24. The summed E-state index contributed by atoms with van der Waals surface area (Å²) in [5.41, 5.74) is 8.17. The van der Waals surface area contributed by atoms with Gasteiger partial charge in [-0.2, -0.15) is 4.57 Å². The molecule has 4 aromatic carbocycles. The van der Waals surface area contributed by atoms with E-state index in [2.05, 4.69) is 15.3 Å². The van der Waals surface area contributed by atoms with Crippen LogP contribution in [0.1, 0.15) is 103 Å². The number of imidazole rings is 1. The number of benzene rings is 4. The van der Waals surface area contributed by atoms with Crippen molar-refractivity contribution >= 4 is 68.5 Å². The predicted octanol–water partition coefficient (Wildman–Crippen LogP) is 4.90. The summed E-state index contributed by atoms with van der Waals surface area (Å²) >= 11 is 0. The minimum absolute atomic E-state index is 0.0392. The van der Waals surface area contributed by atoms with Crippen LogP contribution in [0, 0.1) is 19.8 Å². The van der Waals surface area contributed by atoms with Crippen LogP contribution >= 0.6 is 0 Å². The first-order valence-electron chi connectivity index (χ1n) is 22.0. The number of hydrogen-bond acceptors (Lipinski definition) is 9. The number of hydrogen-bond donors (Lipinski definition) is 4. The van der Waals surface area contributed by atoms with Crippen molar-refractivity contribution in [3.8, 4) is 11.1 Å². The molecule has 17 nitrogen and oxygen atoms in total. The number of carboxylic acids is 1. The van der Waals surface area contributed by atoms with Gasteiger partial charge in [-0.25, -0.2) is 14.6 Å². The molecular formula is C50H49N8O9+. The average molecular weight is 906 g/mol. The SMILES string of the molecule is CCC(CCC(=O)NC(=O)c1cc2c(c(-c3c(C)cccc3C)c1CN1C(=O)c3ccccc3C1=O)c(C(=O)O)c1ccccc1[n+]2C)Cn1c(=O)n(C)c(=O)c2[nH]c(CCCC(N)=O)nc21. The molecule has 67 heavy (non-hydrogen) atoms. The second-order valence-electron chi connectivity index (χ2n) is 17.1. The number of aromatic carboxylic acids is 1. The fraction of sp³-hybridized carbons (Fsp3) is 0.280. The van der Waals surface area contributed by atoms with Gasteiger partial charge in [0.2, 0.25) is 22.8 Å². The van der Waals surface area contributed by atoms with Crippen LogP contribution in [0.15, 0.2) is 82.4 Å². The Balaban J connectivity index is 1.20. The Morgan fingerprint density at radius 3 is 2.18 bits per heavy atom. The van der Waals surface area contributed by atoms with E-state index in [4.69, 9.17) is 5.73 Å². The Morgan fingerprint density at radius 1 is 0.881 bits per heavy atom. The summed E-state index contributed by atoms with van der Waals surface area (Å²) in [6.45, 7) is 5.26. The first-order chi connectivity index (χ1) is 32.0. The summed E-state index contributed by atoms with van der Waals surface area (Å²) in [5, 5.41) is 14.3.